The lowest BCUT2D eigenvalue weighted by molar-refractivity contribution is -0.192. The molecule has 0 bridgehead atoms. The maximum Gasteiger partial charge on any atom is 0.490 e. The van der Waals surface area contributed by atoms with E-state index in [4.69, 9.17) is 9.90 Å². The second kappa shape index (κ2) is 12.0. The van der Waals surface area contributed by atoms with Crippen molar-refractivity contribution in [2.45, 2.75) is 50.5 Å². The number of amides is 3. The number of hydrogen-bond acceptors (Lipinski definition) is 6. The summed E-state index contributed by atoms with van der Waals surface area (Å²) in [5.41, 5.74) is 0.965. The van der Waals surface area contributed by atoms with Crippen LogP contribution in [0.1, 0.15) is 40.9 Å². The van der Waals surface area contributed by atoms with Crippen LogP contribution in [0.15, 0.2) is 42.0 Å². The summed E-state index contributed by atoms with van der Waals surface area (Å²) in [6.07, 6.45) is 1.20. The third kappa shape index (κ3) is 6.80. The molecule has 0 radical (unpaired) electrons. The first kappa shape index (κ1) is 27.1. The van der Waals surface area contributed by atoms with Gasteiger partial charge in [0.05, 0.1) is 4.88 Å². The molecule has 2 saturated heterocycles. The number of alkyl halides is 3. The number of carbonyl (C=O) groups excluding carboxylic acids is 3. The number of aliphatic carboxylic acids is 1. The fourth-order valence-electron chi connectivity index (χ4n) is 4.11. The summed E-state index contributed by atoms with van der Waals surface area (Å²) in [5, 5.41) is 11.9. The van der Waals surface area contributed by atoms with Gasteiger partial charge in [0, 0.05) is 32.0 Å². The van der Waals surface area contributed by atoms with Gasteiger partial charge in [-0.3, -0.25) is 19.4 Å². The number of rotatable bonds is 5. The number of carbonyl (C=O) groups is 4. The topological polar surface area (TPSA) is 120 Å². The molecule has 2 fully saturated rings. The Bertz CT molecular complexity index is 1070. The van der Waals surface area contributed by atoms with Gasteiger partial charge in [0.1, 0.15) is 12.1 Å². The predicted octanol–water partition coefficient (Wildman–Crippen LogP) is 2.69. The fourth-order valence-corrected chi connectivity index (χ4v) is 4.79. The van der Waals surface area contributed by atoms with Crippen molar-refractivity contribution in [2.24, 2.45) is 0 Å². The van der Waals surface area contributed by atoms with Crippen LogP contribution < -0.4 is 5.32 Å². The molecule has 2 aliphatic heterocycles. The number of nitrogens with zero attached hydrogens (tertiary/aromatic N) is 3. The van der Waals surface area contributed by atoms with E-state index in [1.165, 1.54) is 11.3 Å². The van der Waals surface area contributed by atoms with Gasteiger partial charge in [0.15, 0.2) is 0 Å². The quantitative estimate of drug-likeness (QED) is 0.618. The van der Waals surface area contributed by atoms with Gasteiger partial charge < -0.3 is 20.2 Å². The predicted molar refractivity (Wildman–Crippen MR) is 123 cm³/mol. The summed E-state index contributed by atoms with van der Waals surface area (Å²) in [7, 11) is 0. The molecular weight excluding hydrogens is 501 g/mol. The first-order valence-electron chi connectivity index (χ1n) is 11.2. The smallest absolute Gasteiger partial charge is 0.475 e. The Morgan fingerprint density at radius 2 is 1.64 bits per heavy atom. The Labute approximate surface area is 208 Å². The van der Waals surface area contributed by atoms with Gasteiger partial charge in [-0.25, -0.2) is 4.79 Å². The lowest BCUT2D eigenvalue weighted by Gasteiger charge is -2.30. The van der Waals surface area contributed by atoms with Crippen molar-refractivity contribution in [1.29, 1.82) is 0 Å². The van der Waals surface area contributed by atoms with Crippen molar-refractivity contribution in [3.8, 4) is 0 Å². The zero-order valence-corrected chi connectivity index (χ0v) is 19.9. The normalized spacial score (nSPS) is 19.4. The number of halogens is 3. The van der Waals surface area contributed by atoms with Crippen molar-refractivity contribution in [2.75, 3.05) is 13.1 Å². The minimum absolute atomic E-state index is 0.0891. The van der Waals surface area contributed by atoms with Gasteiger partial charge in [-0.15, -0.1) is 11.3 Å². The highest BCUT2D eigenvalue weighted by Gasteiger charge is 2.42. The Morgan fingerprint density at radius 3 is 2.22 bits per heavy atom. The van der Waals surface area contributed by atoms with E-state index in [-0.39, 0.29) is 17.7 Å². The number of carboxylic acid groups (broad SMARTS) is 1. The van der Waals surface area contributed by atoms with E-state index >= 15 is 0 Å². The number of hydrogen-bond donors (Lipinski definition) is 2. The first-order valence-corrected chi connectivity index (χ1v) is 12.1. The van der Waals surface area contributed by atoms with E-state index in [1.807, 2.05) is 23.6 Å². The minimum Gasteiger partial charge on any atom is -0.475 e. The summed E-state index contributed by atoms with van der Waals surface area (Å²) in [4.78, 5) is 55.7. The molecule has 13 heteroatoms. The van der Waals surface area contributed by atoms with Crippen molar-refractivity contribution < 1.29 is 37.5 Å². The number of likely N-dealkylation sites (tertiary alicyclic amines) is 2. The van der Waals surface area contributed by atoms with Crippen molar-refractivity contribution in [3.63, 3.8) is 0 Å². The third-order valence-electron chi connectivity index (χ3n) is 5.83. The van der Waals surface area contributed by atoms with Crippen molar-refractivity contribution in [1.82, 2.24) is 20.1 Å². The third-order valence-corrected chi connectivity index (χ3v) is 6.69. The molecule has 2 aliphatic rings. The lowest BCUT2D eigenvalue weighted by Crippen LogP contribution is -2.52. The van der Waals surface area contributed by atoms with Crippen molar-refractivity contribution >= 4 is 35.0 Å². The largest absolute Gasteiger partial charge is 0.490 e. The molecule has 2 atom stereocenters. The summed E-state index contributed by atoms with van der Waals surface area (Å²) in [5.74, 6) is -3.09. The highest BCUT2D eigenvalue weighted by molar-refractivity contribution is 7.12. The number of carboxylic acids is 1. The van der Waals surface area contributed by atoms with Crippen LogP contribution in [0, 0.1) is 0 Å². The van der Waals surface area contributed by atoms with Crippen LogP contribution in [0.3, 0.4) is 0 Å². The summed E-state index contributed by atoms with van der Waals surface area (Å²) < 4.78 is 31.7. The van der Waals surface area contributed by atoms with Crippen LogP contribution >= 0.6 is 11.3 Å². The second-order valence-electron chi connectivity index (χ2n) is 8.20. The van der Waals surface area contributed by atoms with Crippen LogP contribution in [0.25, 0.3) is 0 Å². The highest BCUT2D eigenvalue weighted by atomic mass is 32.1. The average molecular weight is 527 g/mol. The molecular formula is C23H25F3N4O5S. The molecule has 3 amide bonds. The van der Waals surface area contributed by atoms with E-state index in [0.717, 1.165) is 18.4 Å². The minimum atomic E-state index is -5.08. The standard InChI is InChI=1S/C21H24N4O3S.C2HF3O2/c26-19(23-14-15-7-9-22-10-8-15)16-4-1-11-24(16)20(27)17-5-2-12-25(17)21(28)18-6-3-13-29-18;3-2(4,5)1(6)7/h3,6-10,13,16-17H,1-2,4-5,11-12,14H2,(H,23,26);(H,6,7)/t16-,17-;/m0./s1. The second-order valence-corrected chi connectivity index (χ2v) is 9.15. The van der Waals surface area contributed by atoms with Crippen LogP contribution in [-0.4, -0.2) is 74.9 Å². The molecule has 2 aromatic heterocycles. The van der Waals surface area contributed by atoms with E-state index < -0.39 is 24.2 Å². The summed E-state index contributed by atoms with van der Waals surface area (Å²) in [6.45, 7) is 1.55. The van der Waals surface area contributed by atoms with Gasteiger partial charge in [-0.2, -0.15) is 13.2 Å². The fraction of sp³-hybridized carbons (Fsp3) is 0.435. The maximum absolute atomic E-state index is 13.3. The van der Waals surface area contributed by atoms with E-state index in [2.05, 4.69) is 10.3 Å². The number of nitrogens with one attached hydrogen (secondary N) is 1. The van der Waals surface area contributed by atoms with E-state index in [1.54, 1.807) is 28.3 Å². The molecule has 4 heterocycles. The Morgan fingerprint density at radius 1 is 1.03 bits per heavy atom. The van der Waals surface area contributed by atoms with Crippen LogP contribution in [0.5, 0.6) is 0 Å². The van der Waals surface area contributed by atoms with Crippen LogP contribution in [0.2, 0.25) is 0 Å². The van der Waals surface area contributed by atoms with Gasteiger partial charge in [-0.1, -0.05) is 6.07 Å². The molecule has 0 saturated carbocycles. The molecule has 9 nitrogen and oxygen atoms in total. The zero-order chi connectivity index (χ0) is 26.3. The molecule has 0 aromatic carbocycles. The SMILES string of the molecule is O=C(NCc1ccncc1)[C@@H]1CCCN1C(=O)[C@@H]1CCCN1C(=O)c1cccs1.O=C(O)C(F)(F)F. The van der Waals surface area contributed by atoms with Gasteiger partial charge in [0.2, 0.25) is 11.8 Å². The highest BCUT2D eigenvalue weighted by Crippen LogP contribution is 2.27. The molecule has 2 aromatic rings. The zero-order valence-electron chi connectivity index (χ0n) is 19.1. The van der Waals surface area contributed by atoms with Gasteiger partial charge in [0.25, 0.3) is 5.91 Å². The number of thiophene rings is 1. The summed E-state index contributed by atoms with van der Waals surface area (Å²) in [6, 6.07) is 6.39. The molecule has 0 unspecified atom stereocenters. The number of pyridine rings is 1. The Hall–Kier alpha value is -3.48. The Balaban J connectivity index is 0.000000454. The van der Waals surface area contributed by atoms with Crippen LogP contribution in [0.4, 0.5) is 13.2 Å². The molecule has 0 spiro atoms. The van der Waals surface area contributed by atoms with Gasteiger partial charge >= 0.3 is 12.1 Å². The number of aromatic nitrogens is 1. The Kier molecular flexibility index (Phi) is 9.02. The van der Waals surface area contributed by atoms with E-state index in [0.29, 0.717) is 37.4 Å². The molecule has 194 valence electrons. The monoisotopic (exact) mass is 526 g/mol. The molecule has 2 N–H and O–H groups in total. The van der Waals surface area contributed by atoms with Crippen molar-refractivity contribution in [3.05, 3.63) is 52.5 Å². The average Bonchev–Trinajstić information content (AvgIpc) is 3.63. The van der Waals surface area contributed by atoms with E-state index in [9.17, 15) is 27.6 Å². The molecule has 4 rings (SSSR count). The first-order chi connectivity index (χ1) is 17.1. The molecule has 36 heavy (non-hydrogen) atoms. The molecule has 0 aliphatic carbocycles. The van der Waals surface area contributed by atoms with Crippen LogP contribution in [-0.2, 0) is 20.9 Å². The van der Waals surface area contributed by atoms with Gasteiger partial charge in [-0.05, 0) is 54.8 Å². The maximum atomic E-state index is 13.3. The summed E-state index contributed by atoms with van der Waals surface area (Å²) >= 11 is 1.39. The lowest BCUT2D eigenvalue weighted by atomic mass is 10.1.